The second-order valence-corrected chi connectivity index (χ2v) is 11.3. The number of nitrogens with one attached hydrogen (secondary N) is 1. The van der Waals surface area contributed by atoms with Crippen LogP contribution >= 0.6 is 0 Å². The number of carbonyl (C=O) groups is 2. The molecule has 1 aromatic carbocycles. The number of piperidine rings is 1. The first-order valence-electron chi connectivity index (χ1n) is 14.8. The van der Waals surface area contributed by atoms with Gasteiger partial charge in [0, 0.05) is 42.5 Å². The van der Waals surface area contributed by atoms with Crippen molar-refractivity contribution >= 4 is 39.7 Å². The minimum Gasteiger partial charge on any atom is -0.337 e. The molecule has 2 fully saturated rings. The van der Waals surface area contributed by atoms with Gasteiger partial charge in [-0.05, 0) is 82.5 Å². The molecule has 1 N–H and O–H groups in total. The molecule has 2 aliphatic rings. The summed E-state index contributed by atoms with van der Waals surface area (Å²) in [4.78, 5) is 39.5. The van der Waals surface area contributed by atoms with Crippen LogP contribution < -0.4 is 5.32 Å². The van der Waals surface area contributed by atoms with Crippen LogP contribution in [0.2, 0.25) is 0 Å². The maximum atomic E-state index is 13.3. The molecule has 6 rings (SSSR count). The average molecular weight is 555 g/mol. The van der Waals surface area contributed by atoms with E-state index in [9.17, 15) is 9.59 Å². The molecule has 2 aliphatic heterocycles. The number of amides is 2. The van der Waals surface area contributed by atoms with E-state index in [-0.39, 0.29) is 17.9 Å². The molecule has 4 aromatic rings. The largest absolute Gasteiger partial charge is 0.337 e. The molecule has 5 heterocycles. The van der Waals surface area contributed by atoms with Crippen LogP contribution in [-0.2, 0) is 11.3 Å². The standard InChI is InChI=1S/C31H38N8O2/c1-3-29(40)37-14-8-5-9-25(21-37)39-28-19-27-24(20-33-38(27)16-15-36-12-6-4-7-13-36)18-26(28)34-31(39)35-30(41)23-10-11-32-22(2)17-23/h3,10-11,17-20,25H,1,4-9,12-16,21H2,2H3,(H,34,35,41)/t25-/m1/s1. The van der Waals surface area contributed by atoms with E-state index in [1.807, 2.05) is 18.0 Å². The van der Waals surface area contributed by atoms with Gasteiger partial charge in [-0.3, -0.25) is 24.6 Å². The van der Waals surface area contributed by atoms with Crippen LogP contribution in [0.4, 0.5) is 5.95 Å². The lowest BCUT2D eigenvalue weighted by Crippen LogP contribution is -2.34. The number of pyridine rings is 1. The topological polar surface area (TPSA) is 101 Å². The summed E-state index contributed by atoms with van der Waals surface area (Å²) in [6.45, 7) is 10.9. The van der Waals surface area contributed by atoms with Crippen LogP contribution in [0.5, 0.6) is 0 Å². The Morgan fingerprint density at radius 3 is 2.68 bits per heavy atom. The van der Waals surface area contributed by atoms with E-state index >= 15 is 0 Å². The van der Waals surface area contributed by atoms with Gasteiger partial charge in [0.1, 0.15) is 0 Å². The van der Waals surface area contributed by atoms with Gasteiger partial charge in [-0.2, -0.15) is 5.10 Å². The summed E-state index contributed by atoms with van der Waals surface area (Å²) >= 11 is 0. The van der Waals surface area contributed by atoms with Crippen LogP contribution in [0.25, 0.3) is 21.9 Å². The van der Waals surface area contributed by atoms with E-state index < -0.39 is 0 Å². The van der Waals surface area contributed by atoms with E-state index in [4.69, 9.17) is 10.1 Å². The van der Waals surface area contributed by atoms with Crippen molar-refractivity contribution in [2.45, 2.75) is 58.0 Å². The Hall–Kier alpha value is -4.05. The summed E-state index contributed by atoms with van der Waals surface area (Å²) in [6, 6.07) is 7.63. The molecule has 0 unspecified atom stereocenters. The highest BCUT2D eigenvalue weighted by Gasteiger charge is 2.27. The Kier molecular flexibility index (Phi) is 7.82. The number of fused-ring (bicyclic) bond motifs is 2. The molecule has 0 saturated carbocycles. The molecule has 3 aromatic heterocycles. The predicted molar refractivity (Wildman–Crippen MR) is 160 cm³/mol. The summed E-state index contributed by atoms with van der Waals surface area (Å²) in [6.07, 6.45) is 11.5. The Labute approximate surface area is 240 Å². The zero-order chi connectivity index (χ0) is 28.3. The number of aromatic nitrogens is 5. The Morgan fingerprint density at radius 2 is 1.88 bits per heavy atom. The van der Waals surface area contributed by atoms with Crippen molar-refractivity contribution < 1.29 is 9.59 Å². The number of likely N-dealkylation sites (tertiary alicyclic amines) is 2. The average Bonchev–Trinajstić information content (AvgIpc) is 3.44. The maximum absolute atomic E-state index is 13.3. The van der Waals surface area contributed by atoms with E-state index in [2.05, 4.69) is 43.2 Å². The number of rotatable bonds is 7. The van der Waals surface area contributed by atoms with Crippen molar-refractivity contribution in [2.24, 2.45) is 0 Å². The van der Waals surface area contributed by atoms with Gasteiger partial charge in [-0.25, -0.2) is 4.98 Å². The number of anilines is 1. The molecule has 10 heteroatoms. The molecule has 1 atom stereocenters. The highest BCUT2D eigenvalue weighted by Crippen LogP contribution is 2.33. The monoisotopic (exact) mass is 554 g/mol. The highest BCUT2D eigenvalue weighted by molar-refractivity contribution is 6.04. The van der Waals surface area contributed by atoms with Gasteiger partial charge in [-0.15, -0.1) is 0 Å². The second kappa shape index (κ2) is 11.8. The first kappa shape index (κ1) is 27.1. The van der Waals surface area contributed by atoms with E-state index in [1.165, 1.54) is 25.3 Å². The third kappa shape index (κ3) is 5.74. The number of hydrogen-bond donors (Lipinski definition) is 1. The van der Waals surface area contributed by atoms with Gasteiger partial charge in [0.2, 0.25) is 11.9 Å². The zero-order valence-electron chi connectivity index (χ0n) is 23.8. The predicted octanol–water partition coefficient (Wildman–Crippen LogP) is 4.57. The molecule has 10 nitrogen and oxygen atoms in total. The number of carbonyl (C=O) groups excluding carboxylic acids is 2. The minimum absolute atomic E-state index is 0.0527. The number of benzene rings is 1. The third-order valence-electron chi connectivity index (χ3n) is 8.41. The summed E-state index contributed by atoms with van der Waals surface area (Å²) in [5.41, 5.74) is 4.07. The van der Waals surface area contributed by atoms with Crippen molar-refractivity contribution in [1.82, 2.24) is 34.1 Å². The van der Waals surface area contributed by atoms with Gasteiger partial charge >= 0.3 is 0 Å². The number of aryl methyl sites for hydroxylation is 1. The lowest BCUT2D eigenvalue weighted by Gasteiger charge is -2.26. The smallest absolute Gasteiger partial charge is 0.258 e. The normalized spacial score (nSPS) is 18.5. The molecule has 41 heavy (non-hydrogen) atoms. The molecule has 0 spiro atoms. The molecular formula is C31H38N8O2. The van der Waals surface area contributed by atoms with Gasteiger partial charge in [-0.1, -0.05) is 13.0 Å². The molecular weight excluding hydrogens is 516 g/mol. The van der Waals surface area contributed by atoms with Crippen LogP contribution in [-0.4, -0.2) is 78.7 Å². The van der Waals surface area contributed by atoms with Gasteiger partial charge in [0.05, 0.1) is 35.3 Å². The molecule has 2 saturated heterocycles. The Balaban J connectivity index is 1.40. The van der Waals surface area contributed by atoms with Gasteiger partial charge < -0.3 is 14.4 Å². The number of hydrogen-bond acceptors (Lipinski definition) is 6. The van der Waals surface area contributed by atoms with Crippen molar-refractivity contribution in [3.8, 4) is 0 Å². The molecule has 2 amide bonds. The summed E-state index contributed by atoms with van der Waals surface area (Å²) in [7, 11) is 0. The van der Waals surface area contributed by atoms with Crippen LogP contribution in [0.15, 0.2) is 49.3 Å². The fourth-order valence-corrected chi connectivity index (χ4v) is 6.24. The first-order chi connectivity index (χ1) is 20.0. The zero-order valence-corrected chi connectivity index (χ0v) is 23.8. The first-order valence-corrected chi connectivity index (χ1v) is 14.8. The summed E-state index contributed by atoms with van der Waals surface area (Å²) in [5.74, 6) is 0.173. The maximum Gasteiger partial charge on any atom is 0.258 e. The lowest BCUT2D eigenvalue weighted by atomic mass is 10.1. The van der Waals surface area contributed by atoms with Crippen LogP contribution in [0, 0.1) is 6.92 Å². The second-order valence-electron chi connectivity index (χ2n) is 11.3. The van der Waals surface area contributed by atoms with Crippen molar-refractivity contribution in [3.63, 3.8) is 0 Å². The Morgan fingerprint density at radius 1 is 1.05 bits per heavy atom. The van der Waals surface area contributed by atoms with E-state index in [0.29, 0.717) is 24.6 Å². The molecule has 0 bridgehead atoms. The minimum atomic E-state index is -0.239. The van der Waals surface area contributed by atoms with E-state index in [1.54, 1.807) is 18.3 Å². The van der Waals surface area contributed by atoms with Gasteiger partial charge in [0.25, 0.3) is 5.91 Å². The SMILES string of the molecule is C=CC(=O)N1CCCC[C@@H](n2c(NC(=O)c3ccnc(C)c3)nc3cc4cnn(CCN5CCCCC5)c4cc32)C1. The number of nitrogens with zero attached hydrogens (tertiary/aromatic N) is 7. The summed E-state index contributed by atoms with van der Waals surface area (Å²) in [5, 5.41) is 8.82. The van der Waals surface area contributed by atoms with Crippen molar-refractivity contribution in [2.75, 3.05) is 38.0 Å². The van der Waals surface area contributed by atoms with Crippen LogP contribution in [0.1, 0.15) is 60.6 Å². The quantitative estimate of drug-likeness (QED) is 0.336. The third-order valence-corrected chi connectivity index (χ3v) is 8.41. The van der Waals surface area contributed by atoms with Crippen molar-refractivity contribution in [3.05, 3.63) is 60.6 Å². The molecule has 0 aliphatic carbocycles. The molecule has 214 valence electrons. The number of imidazole rings is 1. The fourth-order valence-electron chi connectivity index (χ4n) is 6.24. The van der Waals surface area contributed by atoms with Crippen molar-refractivity contribution in [1.29, 1.82) is 0 Å². The van der Waals surface area contributed by atoms with Crippen LogP contribution in [0.3, 0.4) is 0 Å². The lowest BCUT2D eigenvalue weighted by molar-refractivity contribution is -0.126. The highest BCUT2D eigenvalue weighted by atomic mass is 16.2. The van der Waals surface area contributed by atoms with Gasteiger partial charge in [0.15, 0.2) is 0 Å². The molecule has 0 radical (unpaired) electrons. The van der Waals surface area contributed by atoms with E-state index in [0.717, 1.165) is 73.1 Å². The summed E-state index contributed by atoms with van der Waals surface area (Å²) < 4.78 is 4.21. The fraction of sp³-hybridized carbons (Fsp3) is 0.452. The Bertz CT molecular complexity index is 1580.